The van der Waals surface area contributed by atoms with Crippen LogP contribution in [0.2, 0.25) is 0 Å². The maximum Gasteiger partial charge on any atom is 0.162 e. The summed E-state index contributed by atoms with van der Waals surface area (Å²) in [6.07, 6.45) is 7.12. The average molecular weight is 332 g/mol. The van der Waals surface area contributed by atoms with E-state index in [4.69, 9.17) is 4.42 Å². The van der Waals surface area contributed by atoms with Crippen LogP contribution in [-0.4, -0.2) is 28.7 Å². The van der Waals surface area contributed by atoms with Gasteiger partial charge in [-0.05, 0) is 59.5 Å². The number of fused-ring (bicyclic) bond motifs is 5. The number of ketones is 1. The molecule has 4 heteroatoms. The lowest BCUT2D eigenvalue weighted by Crippen LogP contribution is -2.64. The molecule has 0 bridgehead atoms. The summed E-state index contributed by atoms with van der Waals surface area (Å²) in [5.74, 6) is 0.429. The van der Waals surface area contributed by atoms with Crippen molar-refractivity contribution in [1.29, 1.82) is 0 Å². The average Bonchev–Trinajstić information content (AvgIpc) is 3.02. The van der Waals surface area contributed by atoms with Crippen LogP contribution in [0.25, 0.3) is 0 Å². The van der Waals surface area contributed by atoms with Gasteiger partial charge in [-0.25, -0.2) is 0 Å². The van der Waals surface area contributed by atoms with E-state index in [1.165, 1.54) is 11.1 Å². The van der Waals surface area contributed by atoms with Crippen molar-refractivity contribution < 1.29 is 19.4 Å². The molecule has 1 aromatic rings. The first-order valence-corrected chi connectivity index (χ1v) is 9.14. The van der Waals surface area contributed by atoms with Crippen LogP contribution in [0.1, 0.15) is 57.6 Å². The minimum absolute atomic E-state index is 0.0186. The second kappa shape index (κ2) is 4.95. The number of furan rings is 1. The van der Waals surface area contributed by atoms with Gasteiger partial charge in [0.1, 0.15) is 6.10 Å². The molecule has 0 aromatic carbocycles. The van der Waals surface area contributed by atoms with Crippen LogP contribution in [0.3, 0.4) is 0 Å². The zero-order valence-electron chi connectivity index (χ0n) is 14.8. The molecule has 4 nitrogen and oxygen atoms in total. The fraction of sp³-hybridized carbons (Fsp3) is 0.750. The van der Waals surface area contributed by atoms with Crippen molar-refractivity contribution in [1.82, 2.24) is 0 Å². The van der Waals surface area contributed by atoms with Gasteiger partial charge in [-0.3, -0.25) is 4.79 Å². The summed E-state index contributed by atoms with van der Waals surface area (Å²) in [6.45, 7) is 6.30. The highest BCUT2D eigenvalue weighted by atomic mass is 16.3. The molecule has 2 N–H and O–H groups in total. The van der Waals surface area contributed by atoms with Gasteiger partial charge < -0.3 is 14.6 Å². The summed E-state index contributed by atoms with van der Waals surface area (Å²) in [5, 5.41) is 20.6. The Labute approximate surface area is 143 Å². The van der Waals surface area contributed by atoms with Crippen molar-refractivity contribution in [3.8, 4) is 0 Å². The number of hydrogen-bond donors (Lipinski definition) is 2. The zero-order chi connectivity index (χ0) is 17.3. The number of hydrogen-bond acceptors (Lipinski definition) is 4. The summed E-state index contributed by atoms with van der Waals surface area (Å²) in [4.78, 5) is 12.6. The summed E-state index contributed by atoms with van der Waals surface area (Å²) in [7, 11) is 0. The molecule has 2 fully saturated rings. The van der Waals surface area contributed by atoms with Crippen LogP contribution in [0.5, 0.6) is 0 Å². The van der Waals surface area contributed by atoms with E-state index in [1.807, 2.05) is 19.5 Å². The molecule has 3 aliphatic rings. The van der Waals surface area contributed by atoms with Crippen molar-refractivity contribution in [2.75, 3.05) is 6.61 Å². The second-order valence-electron chi connectivity index (χ2n) is 9.13. The summed E-state index contributed by atoms with van der Waals surface area (Å²) in [5.41, 5.74) is 1.72. The minimum atomic E-state index is -1.04. The lowest BCUT2D eigenvalue weighted by atomic mass is 9.40. The Bertz CT molecular complexity index is 679. The topological polar surface area (TPSA) is 70.7 Å². The maximum absolute atomic E-state index is 12.6. The van der Waals surface area contributed by atoms with Crippen molar-refractivity contribution in [3.63, 3.8) is 0 Å². The molecule has 6 atom stereocenters. The molecule has 0 saturated heterocycles. The molecule has 1 aromatic heterocycles. The molecule has 4 rings (SSSR count). The standard InChI is InChI=1S/C20H28O4/c1-18-7-6-16-19(2,8-14(22)17(23)20(16,3)11-21)15(18)5-4-12-9-24-10-13(12)18/h9-10,15-17,21,23H,4-8,11H2,1-3H3/t15?,16?,17-,18-,19+,20+/m0/s1. The van der Waals surface area contributed by atoms with Gasteiger partial charge >= 0.3 is 0 Å². The molecule has 132 valence electrons. The zero-order valence-corrected chi connectivity index (χ0v) is 14.8. The molecular weight excluding hydrogens is 304 g/mol. The molecule has 0 aliphatic heterocycles. The van der Waals surface area contributed by atoms with Crippen molar-refractivity contribution >= 4 is 5.78 Å². The number of carbonyl (C=O) groups is 1. The predicted molar refractivity (Wildman–Crippen MR) is 89.5 cm³/mol. The summed E-state index contributed by atoms with van der Waals surface area (Å²) in [6, 6.07) is 0. The monoisotopic (exact) mass is 332 g/mol. The Balaban J connectivity index is 1.82. The Morgan fingerprint density at radius 2 is 1.96 bits per heavy atom. The van der Waals surface area contributed by atoms with Gasteiger partial charge in [-0.2, -0.15) is 0 Å². The number of aliphatic hydroxyl groups is 2. The molecule has 2 saturated carbocycles. The van der Waals surface area contributed by atoms with E-state index in [9.17, 15) is 15.0 Å². The van der Waals surface area contributed by atoms with E-state index in [-0.39, 0.29) is 29.1 Å². The Kier molecular flexibility index (Phi) is 3.37. The highest BCUT2D eigenvalue weighted by Gasteiger charge is 2.64. The van der Waals surface area contributed by atoms with Crippen molar-refractivity contribution in [2.45, 2.75) is 64.4 Å². The molecule has 0 spiro atoms. The number of aliphatic hydroxyl groups excluding tert-OH is 2. The second-order valence-corrected chi connectivity index (χ2v) is 9.13. The Morgan fingerprint density at radius 1 is 1.21 bits per heavy atom. The van der Waals surface area contributed by atoms with E-state index < -0.39 is 11.5 Å². The third-order valence-corrected chi connectivity index (χ3v) is 7.99. The normalized spacial score (nSPS) is 47.7. The third kappa shape index (κ3) is 1.79. The molecule has 3 aliphatic carbocycles. The van der Waals surface area contributed by atoms with Crippen LogP contribution in [0.4, 0.5) is 0 Å². The van der Waals surface area contributed by atoms with Gasteiger partial charge in [-0.1, -0.05) is 20.8 Å². The largest absolute Gasteiger partial charge is 0.472 e. The first-order chi connectivity index (χ1) is 11.3. The van der Waals surface area contributed by atoms with Crippen molar-refractivity contribution in [3.05, 3.63) is 23.7 Å². The highest BCUT2D eigenvalue weighted by molar-refractivity contribution is 5.85. The van der Waals surface area contributed by atoms with Crippen molar-refractivity contribution in [2.24, 2.45) is 22.7 Å². The number of Topliss-reactive ketones (excluding diaryl/α,β-unsaturated/α-hetero) is 1. The number of rotatable bonds is 1. The van der Waals surface area contributed by atoms with E-state index >= 15 is 0 Å². The van der Waals surface area contributed by atoms with E-state index in [0.29, 0.717) is 12.3 Å². The minimum Gasteiger partial charge on any atom is -0.472 e. The van der Waals surface area contributed by atoms with Crippen LogP contribution >= 0.6 is 0 Å². The first kappa shape index (κ1) is 16.3. The van der Waals surface area contributed by atoms with E-state index in [0.717, 1.165) is 25.7 Å². The van der Waals surface area contributed by atoms with Gasteiger partial charge in [0.25, 0.3) is 0 Å². The van der Waals surface area contributed by atoms with Crippen LogP contribution in [0, 0.1) is 22.7 Å². The highest BCUT2D eigenvalue weighted by Crippen LogP contribution is 2.66. The van der Waals surface area contributed by atoms with Gasteiger partial charge in [0, 0.05) is 11.8 Å². The maximum atomic E-state index is 12.6. The molecule has 0 amide bonds. The molecule has 1 heterocycles. The lowest BCUT2D eigenvalue weighted by Gasteiger charge is -2.64. The van der Waals surface area contributed by atoms with E-state index in [1.54, 1.807) is 0 Å². The fourth-order valence-corrected chi connectivity index (χ4v) is 6.76. The van der Waals surface area contributed by atoms with Gasteiger partial charge in [0.15, 0.2) is 5.78 Å². The van der Waals surface area contributed by atoms with Gasteiger partial charge in [-0.15, -0.1) is 0 Å². The number of carbonyl (C=O) groups excluding carboxylic acids is 1. The fourth-order valence-electron chi connectivity index (χ4n) is 6.76. The smallest absolute Gasteiger partial charge is 0.162 e. The van der Waals surface area contributed by atoms with Crippen LogP contribution < -0.4 is 0 Å². The summed E-state index contributed by atoms with van der Waals surface area (Å²) < 4.78 is 5.50. The van der Waals surface area contributed by atoms with Gasteiger partial charge in [0.05, 0.1) is 19.1 Å². The summed E-state index contributed by atoms with van der Waals surface area (Å²) >= 11 is 0. The lowest BCUT2D eigenvalue weighted by molar-refractivity contribution is -0.186. The first-order valence-electron chi connectivity index (χ1n) is 9.14. The number of aryl methyl sites for hydroxylation is 1. The van der Waals surface area contributed by atoms with E-state index in [2.05, 4.69) is 13.8 Å². The molecular formula is C20H28O4. The van der Waals surface area contributed by atoms with Gasteiger partial charge in [0.2, 0.25) is 0 Å². The SMILES string of the molecule is C[C@]12CC(=O)[C@H](O)[C@](C)(CO)C1CC[C@@]1(C)c3cocc3CCC21. The molecule has 24 heavy (non-hydrogen) atoms. The molecule has 0 radical (unpaired) electrons. The molecule has 2 unspecified atom stereocenters. The Morgan fingerprint density at radius 3 is 2.67 bits per heavy atom. The third-order valence-electron chi connectivity index (χ3n) is 7.99. The van der Waals surface area contributed by atoms with Crippen LogP contribution in [0.15, 0.2) is 16.9 Å². The predicted octanol–water partition coefficient (Wildman–Crippen LogP) is 2.85. The van der Waals surface area contributed by atoms with Crippen LogP contribution in [-0.2, 0) is 16.6 Å². The quantitative estimate of drug-likeness (QED) is 0.829. The Hall–Kier alpha value is -1.13.